The number of carbonyl (C=O) groups is 2. The number of hydrogen-bond acceptors (Lipinski definition) is 3. The van der Waals surface area contributed by atoms with E-state index in [-0.39, 0.29) is 17.7 Å². The van der Waals surface area contributed by atoms with E-state index in [9.17, 15) is 9.59 Å². The average Bonchev–Trinajstić information content (AvgIpc) is 3.31. The first-order valence-electron chi connectivity index (χ1n) is 7.16. The van der Waals surface area contributed by atoms with E-state index < -0.39 is 0 Å². The Hall–Kier alpha value is -1.91. The molecule has 3 rings (SSSR count). The van der Waals surface area contributed by atoms with Gasteiger partial charge in [-0.15, -0.1) is 0 Å². The van der Waals surface area contributed by atoms with Gasteiger partial charge in [0.2, 0.25) is 5.91 Å². The topological polar surface area (TPSA) is 53.5 Å². The number of aryl methyl sites for hydroxylation is 1. The van der Waals surface area contributed by atoms with Crippen molar-refractivity contribution in [2.24, 2.45) is 5.92 Å². The maximum Gasteiger partial charge on any atom is 0.255 e. The minimum Gasteiger partial charge on any atom is -0.339 e. The molecule has 1 aromatic rings. The van der Waals surface area contributed by atoms with Gasteiger partial charge < -0.3 is 9.80 Å². The van der Waals surface area contributed by atoms with Crippen LogP contribution < -0.4 is 0 Å². The molecule has 0 aromatic carbocycles. The van der Waals surface area contributed by atoms with Crippen molar-refractivity contribution < 1.29 is 9.59 Å². The van der Waals surface area contributed by atoms with E-state index in [0.717, 1.165) is 18.5 Å². The Morgan fingerprint density at radius 3 is 2.30 bits per heavy atom. The Balaban J connectivity index is 1.58. The first kappa shape index (κ1) is 13.1. The number of aromatic nitrogens is 1. The molecule has 0 spiro atoms. The molecule has 0 radical (unpaired) electrons. The summed E-state index contributed by atoms with van der Waals surface area (Å²) < 4.78 is 0. The molecule has 0 bridgehead atoms. The van der Waals surface area contributed by atoms with Gasteiger partial charge in [-0.3, -0.25) is 14.6 Å². The number of nitrogens with zero attached hydrogens (tertiary/aromatic N) is 3. The molecule has 1 saturated carbocycles. The number of amides is 2. The van der Waals surface area contributed by atoms with Gasteiger partial charge in [0.1, 0.15) is 0 Å². The van der Waals surface area contributed by atoms with Crippen molar-refractivity contribution >= 4 is 11.8 Å². The molecular weight excluding hydrogens is 254 g/mol. The fraction of sp³-hybridized carbons (Fsp3) is 0.533. The number of piperazine rings is 1. The predicted molar refractivity (Wildman–Crippen MR) is 74.2 cm³/mol. The summed E-state index contributed by atoms with van der Waals surface area (Å²) in [5, 5.41) is 0. The second-order valence-electron chi connectivity index (χ2n) is 5.58. The van der Waals surface area contributed by atoms with Crippen LogP contribution in [-0.4, -0.2) is 52.8 Å². The van der Waals surface area contributed by atoms with E-state index in [0.29, 0.717) is 31.7 Å². The molecule has 5 heteroatoms. The van der Waals surface area contributed by atoms with Crippen LogP contribution in [0.2, 0.25) is 0 Å². The normalized spacial score (nSPS) is 19.1. The van der Waals surface area contributed by atoms with Gasteiger partial charge in [-0.25, -0.2) is 0 Å². The molecule has 1 aliphatic heterocycles. The van der Waals surface area contributed by atoms with Gasteiger partial charge in [-0.05, 0) is 31.9 Å². The van der Waals surface area contributed by atoms with Gasteiger partial charge in [0.15, 0.2) is 0 Å². The molecule has 1 saturated heterocycles. The molecule has 1 aromatic heterocycles. The minimum atomic E-state index is 0.0102. The molecule has 0 unspecified atom stereocenters. The number of rotatable bonds is 2. The van der Waals surface area contributed by atoms with Gasteiger partial charge >= 0.3 is 0 Å². The molecule has 106 valence electrons. The zero-order valence-electron chi connectivity index (χ0n) is 11.7. The summed E-state index contributed by atoms with van der Waals surface area (Å²) in [6, 6.07) is 3.66. The fourth-order valence-electron chi connectivity index (χ4n) is 2.50. The quantitative estimate of drug-likeness (QED) is 0.810. The van der Waals surface area contributed by atoms with E-state index in [4.69, 9.17) is 0 Å². The molecular formula is C15H19N3O2. The molecule has 1 aliphatic carbocycles. The molecule has 2 amide bonds. The standard InChI is InChI=1S/C15H19N3O2/c1-11-2-3-13(10-16-11)15(20)18-8-6-17(7-9-18)14(19)12-4-5-12/h2-3,10,12H,4-9H2,1H3. The Labute approximate surface area is 118 Å². The summed E-state index contributed by atoms with van der Waals surface area (Å²) >= 11 is 0. The van der Waals surface area contributed by atoms with E-state index in [1.807, 2.05) is 28.9 Å². The van der Waals surface area contributed by atoms with Crippen LogP contribution in [0.4, 0.5) is 0 Å². The lowest BCUT2D eigenvalue weighted by Crippen LogP contribution is -2.51. The number of hydrogen-bond donors (Lipinski definition) is 0. The maximum atomic E-state index is 12.3. The van der Waals surface area contributed by atoms with Crippen molar-refractivity contribution in [2.75, 3.05) is 26.2 Å². The van der Waals surface area contributed by atoms with Gasteiger partial charge in [0.05, 0.1) is 5.56 Å². The van der Waals surface area contributed by atoms with Crippen LogP contribution in [0.5, 0.6) is 0 Å². The maximum absolute atomic E-state index is 12.3. The number of carbonyl (C=O) groups excluding carboxylic acids is 2. The van der Waals surface area contributed by atoms with Crippen LogP contribution in [0.15, 0.2) is 18.3 Å². The second-order valence-corrected chi connectivity index (χ2v) is 5.58. The van der Waals surface area contributed by atoms with Crippen LogP contribution in [-0.2, 0) is 4.79 Å². The van der Waals surface area contributed by atoms with E-state index >= 15 is 0 Å². The van der Waals surface area contributed by atoms with Gasteiger partial charge in [-0.2, -0.15) is 0 Å². The van der Waals surface area contributed by atoms with E-state index in [1.54, 1.807) is 6.20 Å². The molecule has 0 N–H and O–H groups in total. The van der Waals surface area contributed by atoms with Crippen molar-refractivity contribution in [1.82, 2.24) is 14.8 Å². The zero-order valence-corrected chi connectivity index (χ0v) is 11.7. The fourth-order valence-corrected chi connectivity index (χ4v) is 2.50. The van der Waals surface area contributed by atoms with Crippen molar-refractivity contribution in [1.29, 1.82) is 0 Å². The van der Waals surface area contributed by atoms with Crippen LogP contribution in [0.1, 0.15) is 28.9 Å². The van der Waals surface area contributed by atoms with E-state index in [2.05, 4.69) is 4.98 Å². The van der Waals surface area contributed by atoms with Crippen LogP contribution in [0.3, 0.4) is 0 Å². The highest BCUT2D eigenvalue weighted by Gasteiger charge is 2.35. The second kappa shape index (κ2) is 5.23. The summed E-state index contributed by atoms with van der Waals surface area (Å²) in [4.78, 5) is 32.1. The van der Waals surface area contributed by atoms with Crippen LogP contribution in [0.25, 0.3) is 0 Å². The lowest BCUT2D eigenvalue weighted by molar-refractivity contribution is -0.134. The minimum absolute atomic E-state index is 0.0102. The highest BCUT2D eigenvalue weighted by atomic mass is 16.2. The molecule has 5 nitrogen and oxygen atoms in total. The van der Waals surface area contributed by atoms with Crippen molar-refractivity contribution in [2.45, 2.75) is 19.8 Å². The lowest BCUT2D eigenvalue weighted by Gasteiger charge is -2.34. The Morgan fingerprint density at radius 1 is 1.10 bits per heavy atom. The van der Waals surface area contributed by atoms with E-state index in [1.165, 1.54) is 0 Å². The van der Waals surface area contributed by atoms with Gasteiger partial charge in [0, 0.05) is 44.0 Å². The highest BCUT2D eigenvalue weighted by Crippen LogP contribution is 2.31. The third-order valence-electron chi connectivity index (χ3n) is 3.96. The van der Waals surface area contributed by atoms with Gasteiger partial charge in [-0.1, -0.05) is 0 Å². The third kappa shape index (κ3) is 2.66. The predicted octanol–water partition coefficient (Wildman–Crippen LogP) is 1.08. The molecule has 0 atom stereocenters. The van der Waals surface area contributed by atoms with Gasteiger partial charge in [0.25, 0.3) is 5.91 Å². The van der Waals surface area contributed by atoms with Crippen molar-refractivity contribution in [3.05, 3.63) is 29.6 Å². The van der Waals surface area contributed by atoms with Crippen molar-refractivity contribution in [3.63, 3.8) is 0 Å². The third-order valence-corrected chi connectivity index (χ3v) is 3.96. The Bertz CT molecular complexity index is 514. The summed E-state index contributed by atoms with van der Waals surface area (Å²) in [7, 11) is 0. The molecule has 2 fully saturated rings. The largest absolute Gasteiger partial charge is 0.339 e. The molecule has 2 heterocycles. The van der Waals surface area contributed by atoms with Crippen LogP contribution in [0, 0.1) is 12.8 Å². The first-order chi connectivity index (χ1) is 9.65. The summed E-state index contributed by atoms with van der Waals surface area (Å²) in [6.45, 7) is 4.44. The Kier molecular flexibility index (Phi) is 3.42. The number of pyridine rings is 1. The first-order valence-corrected chi connectivity index (χ1v) is 7.16. The summed E-state index contributed by atoms with van der Waals surface area (Å²) in [5.74, 6) is 0.545. The Morgan fingerprint density at radius 2 is 1.75 bits per heavy atom. The summed E-state index contributed by atoms with van der Waals surface area (Å²) in [6.07, 6.45) is 3.69. The van der Waals surface area contributed by atoms with Crippen LogP contribution >= 0.6 is 0 Å². The highest BCUT2D eigenvalue weighted by molar-refractivity contribution is 5.94. The molecule has 20 heavy (non-hydrogen) atoms. The average molecular weight is 273 g/mol. The smallest absolute Gasteiger partial charge is 0.255 e. The lowest BCUT2D eigenvalue weighted by atomic mass is 10.2. The monoisotopic (exact) mass is 273 g/mol. The molecule has 2 aliphatic rings. The summed E-state index contributed by atoms with van der Waals surface area (Å²) in [5.41, 5.74) is 1.53. The SMILES string of the molecule is Cc1ccc(C(=O)N2CCN(C(=O)C3CC3)CC2)cn1. The van der Waals surface area contributed by atoms with Crippen molar-refractivity contribution in [3.8, 4) is 0 Å². The zero-order chi connectivity index (χ0) is 14.1.